The number of benzene rings is 2. The molecule has 0 amide bonds. The number of carbonyl (C=O) groups excluding carboxylic acids is 1. The smallest absolute Gasteiger partial charge is 0.179 e. The molecule has 0 aliphatic carbocycles. The van der Waals surface area contributed by atoms with Gasteiger partial charge in [0.05, 0.1) is 6.04 Å². The van der Waals surface area contributed by atoms with Crippen molar-refractivity contribution >= 4 is 5.78 Å². The van der Waals surface area contributed by atoms with Gasteiger partial charge >= 0.3 is 0 Å². The van der Waals surface area contributed by atoms with Crippen LogP contribution in [-0.4, -0.2) is 11.8 Å². The van der Waals surface area contributed by atoms with E-state index in [0.29, 0.717) is 12.0 Å². The molecule has 0 fully saturated rings. The highest BCUT2D eigenvalue weighted by Crippen LogP contribution is 2.09. The van der Waals surface area contributed by atoms with Crippen LogP contribution in [0.3, 0.4) is 0 Å². The monoisotopic (exact) mass is 239 g/mol. The maximum atomic E-state index is 12.2. The standard InChI is InChI=1S/C16H17NO/c1-12-6-5-9-14(10-12)16(18)15(17)11-13-7-3-2-4-8-13/h2-10,15H,11,17H2,1H3. The Bertz CT molecular complexity index is 534. The molecule has 2 nitrogen and oxygen atoms in total. The molecule has 0 spiro atoms. The van der Waals surface area contributed by atoms with Crippen molar-refractivity contribution in [3.63, 3.8) is 0 Å². The average molecular weight is 239 g/mol. The van der Waals surface area contributed by atoms with Crippen LogP contribution < -0.4 is 5.73 Å². The molecular weight excluding hydrogens is 222 g/mol. The van der Waals surface area contributed by atoms with Gasteiger partial charge in [0.1, 0.15) is 0 Å². The first-order valence-electron chi connectivity index (χ1n) is 6.07. The number of Topliss-reactive ketones (excluding diaryl/α,β-unsaturated/α-hetero) is 1. The van der Waals surface area contributed by atoms with Crippen molar-refractivity contribution in [3.8, 4) is 0 Å². The maximum Gasteiger partial charge on any atom is 0.179 e. The summed E-state index contributed by atoms with van der Waals surface area (Å²) in [7, 11) is 0. The molecule has 0 aliphatic rings. The quantitative estimate of drug-likeness (QED) is 0.834. The molecule has 1 atom stereocenters. The zero-order valence-corrected chi connectivity index (χ0v) is 10.5. The van der Waals surface area contributed by atoms with Gasteiger partial charge in [0.15, 0.2) is 5.78 Å². The van der Waals surface area contributed by atoms with Crippen LogP contribution in [0.5, 0.6) is 0 Å². The van der Waals surface area contributed by atoms with Crippen molar-refractivity contribution in [2.24, 2.45) is 5.73 Å². The van der Waals surface area contributed by atoms with Gasteiger partial charge in [0.25, 0.3) is 0 Å². The minimum Gasteiger partial charge on any atom is -0.321 e. The molecule has 0 radical (unpaired) electrons. The van der Waals surface area contributed by atoms with E-state index in [-0.39, 0.29) is 5.78 Å². The molecule has 2 aromatic rings. The molecule has 1 unspecified atom stereocenters. The first kappa shape index (κ1) is 12.5. The van der Waals surface area contributed by atoms with Gasteiger partial charge in [-0.3, -0.25) is 4.79 Å². The molecule has 0 heterocycles. The first-order chi connectivity index (χ1) is 8.66. The lowest BCUT2D eigenvalue weighted by Crippen LogP contribution is -2.32. The van der Waals surface area contributed by atoms with E-state index in [9.17, 15) is 4.79 Å². The Morgan fingerprint density at radius 2 is 1.83 bits per heavy atom. The third-order valence-corrected chi connectivity index (χ3v) is 2.94. The van der Waals surface area contributed by atoms with Crippen LogP contribution in [0.25, 0.3) is 0 Å². The zero-order valence-electron chi connectivity index (χ0n) is 10.5. The summed E-state index contributed by atoms with van der Waals surface area (Å²) in [5, 5.41) is 0. The summed E-state index contributed by atoms with van der Waals surface area (Å²) in [6.45, 7) is 1.97. The highest BCUT2D eigenvalue weighted by atomic mass is 16.1. The van der Waals surface area contributed by atoms with Crippen LogP contribution in [0.1, 0.15) is 21.5 Å². The Labute approximate surface area is 107 Å². The second kappa shape index (κ2) is 5.61. The first-order valence-corrected chi connectivity index (χ1v) is 6.07. The number of carbonyl (C=O) groups is 1. The molecule has 2 aromatic carbocycles. The van der Waals surface area contributed by atoms with E-state index in [1.807, 2.05) is 61.5 Å². The molecule has 0 bridgehead atoms. The Morgan fingerprint density at radius 1 is 1.11 bits per heavy atom. The summed E-state index contributed by atoms with van der Waals surface area (Å²) < 4.78 is 0. The van der Waals surface area contributed by atoms with Crippen molar-refractivity contribution in [3.05, 3.63) is 71.3 Å². The number of hydrogen-bond acceptors (Lipinski definition) is 2. The van der Waals surface area contributed by atoms with Crippen LogP contribution in [0, 0.1) is 6.92 Å². The Hall–Kier alpha value is -1.93. The zero-order chi connectivity index (χ0) is 13.0. The van der Waals surface area contributed by atoms with Crippen molar-refractivity contribution in [1.82, 2.24) is 0 Å². The van der Waals surface area contributed by atoms with E-state index < -0.39 is 6.04 Å². The molecule has 18 heavy (non-hydrogen) atoms. The summed E-state index contributed by atoms with van der Waals surface area (Å²) in [6, 6.07) is 16.9. The van der Waals surface area contributed by atoms with Crippen molar-refractivity contribution in [2.45, 2.75) is 19.4 Å². The summed E-state index contributed by atoms with van der Waals surface area (Å²) in [5.74, 6) is 0.00236. The largest absolute Gasteiger partial charge is 0.321 e. The second-order valence-electron chi connectivity index (χ2n) is 4.53. The molecule has 92 valence electrons. The summed E-state index contributed by atoms with van der Waals surface area (Å²) in [4.78, 5) is 12.2. The molecular formula is C16H17NO. The third kappa shape index (κ3) is 3.05. The summed E-state index contributed by atoms with van der Waals surface area (Å²) >= 11 is 0. The number of ketones is 1. The average Bonchev–Trinajstić information content (AvgIpc) is 2.39. The number of aryl methyl sites for hydroxylation is 1. The molecule has 2 rings (SSSR count). The fourth-order valence-corrected chi connectivity index (χ4v) is 1.97. The molecule has 0 aromatic heterocycles. The van der Waals surface area contributed by atoms with E-state index in [2.05, 4.69) is 0 Å². The van der Waals surface area contributed by atoms with Gasteiger partial charge in [-0.15, -0.1) is 0 Å². The van der Waals surface area contributed by atoms with E-state index in [4.69, 9.17) is 5.73 Å². The number of nitrogens with two attached hydrogens (primary N) is 1. The van der Waals surface area contributed by atoms with E-state index in [1.54, 1.807) is 0 Å². The lowest BCUT2D eigenvalue weighted by molar-refractivity contribution is 0.0961. The Balaban J connectivity index is 2.10. The van der Waals surface area contributed by atoms with E-state index >= 15 is 0 Å². The number of rotatable bonds is 4. The normalized spacial score (nSPS) is 12.1. The van der Waals surface area contributed by atoms with Crippen LogP contribution >= 0.6 is 0 Å². The van der Waals surface area contributed by atoms with Crippen LogP contribution in [-0.2, 0) is 6.42 Å². The minimum atomic E-state index is -0.478. The van der Waals surface area contributed by atoms with Gasteiger partial charge in [0.2, 0.25) is 0 Å². The Kier molecular flexibility index (Phi) is 3.90. The van der Waals surface area contributed by atoms with E-state index in [1.165, 1.54) is 0 Å². The predicted molar refractivity (Wildman–Crippen MR) is 73.6 cm³/mol. The second-order valence-corrected chi connectivity index (χ2v) is 4.53. The fourth-order valence-electron chi connectivity index (χ4n) is 1.97. The Morgan fingerprint density at radius 3 is 2.50 bits per heavy atom. The predicted octanol–water partition coefficient (Wildman–Crippen LogP) is 2.75. The van der Waals surface area contributed by atoms with E-state index in [0.717, 1.165) is 11.1 Å². The van der Waals surface area contributed by atoms with Crippen LogP contribution in [0.2, 0.25) is 0 Å². The van der Waals surface area contributed by atoms with Crippen LogP contribution in [0.15, 0.2) is 54.6 Å². The molecule has 0 saturated carbocycles. The van der Waals surface area contributed by atoms with Gasteiger partial charge in [0, 0.05) is 5.56 Å². The fraction of sp³-hybridized carbons (Fsp3) is 0.188. The van der Waals surface area contributed by atoms with Crippen molar-refractivity contribution < 1.29 is 4.79 Å². The van der Waals surface area contributed by atoms with Gasteiger partial charge in [-0.2, -0.15) is 0 Å². The third-order valence-electron chi connectivity index (χ3n) is 2.94. The highest BCUT2D eigenvalue weighted by Gasteiger charge is 2.15. The summed E-state index contributed by atoms with van der Waals surface area (Å²) in [5.41, 5.74) is 8.84. The molecule has 2 N–H and O–H groups in total. The van der Waals surface area contributed by atoms with Crippen LogP contribution in [0.4, 0.5) is 0 Å². The van der Waals surface area contributed by atoms with Gasteiger partial charge < -0.3 is 5.73 Å². The van der Waals surface area contributed by atoms with Crippen molar-refractivity contribution in [2.75, 3.05) is 0 Å². The SMILES string of the molecule is Cc1cccc(C(=O)C(N)Cc2ccccc2)c1. The maximum absolute atomic E-state index is 12.2. The lowest BCUT2D eigenvalue weighted by atomic mass is 9.97. The lowest BCUT2D eigenvalue weighted by Gasteiger charge is -2.11. The van der Waals surface area contributed by atoms with Gasteiger partial charge in [-0.1, -0.05) is 54.1 Å². The molecule has 0 aliphatic heterocycles. The van der Waals surface area contributed by atoms with Gasteiger partial charge in [-0.25, -0.2) is 0 Å². The molecule has 2 heteroatoms. The highest BCUT2D eigenvalue weighted by molar-refractivity contribution is 6.00. The van der Waals surface area contributed by atoms with Gasteiger partial charge in [-0.05, 0) is 25.0 Å². The topological polar surface area (TPSA) is 43.1 Å². The van der Waals surface area contributed by atoms with Crippen molar-refractivity contribution in [1.29, 1.82) is 0 Å². The number of hydrogen-bond donors (Lipinski definition) is 1. The molecule has 0 saturated heterocycles. The minimum absolute atomic E-state index is 0.00236. The summed E-state index contributed by atoms with van der Waals surface area (Å²) in [6.07, 6.45) is 0.577.